The minimum atomic E-state index is -0.274. The van der Waals surface area contributed by atoms with Crippen LogP contribution in [0.5, 0.6) is 0 Å². The largest absolute Gasteiger partial charge is 0.321 e. The van der Waals surface area contributed by atoms with Gasteiger partial charge >= 0.3 is 0 Å². The summed E-state index contributed by atoms with van der Waals surface area (Å²) in [6.45, 7) is 4.17. The predicted molar refractivity (Wildman–Crippen MR) is 100 cm³/mol. The lowest BCUT2D eigenvalue weighted by Gasteiger charge is -2.05. The molecular formula is C17H14N4O2S2. The zero-order valence-corrected chi connectivity index (χ0v) is 15.2. The Hall–Kier alpha value is -2.63. The number of hydrogen-bond donors (Lipinski definition) is 1. The van der Waals surface area contributed by atoms with Crippen molar-refractivity contribution in [2.75, 3.05) is 5.32 Å². The first-order valence-corrected chi connectivity index (χ1v) is 9.14. The van der Waals surface area contributed by atoms with Crippen molar-refractivity contribution >= 4 is 44.9 Å². The van der Waals surface area contributed by atoms with Gasteiger partial charge in [-0.25, -0.2) is 4.98 Å². The standard InChI is InChI=1S/C17H14N4O2S2/c1-3-21-9-19-16-13(17(21)23)10(2)14(25-16)15(22)20-11-4-6-12(7-5-11)24-8-18/h4-7,9H,3H2,1-2H3,(H,20,22). The Morgan fingerprint density at radius 1 is 1.40 bits per heavy atom. The highest BCUT2D eigenvalue weighted by Gasteiger charge is 2.19. The number of carbonyl (C=O) groups excluding carboxylic acids is 1. The van der Waals surface area contributed by atoms with Gasteiger partial charge in [0.25, 0.3) is 11.5 Å². The molecule has 0 unspecified atom stereocenters. The van der Waals surface area contributed by atoms with E-state index in [-0.39, 0.29) is 11.5 Å². The van der Waals surface area contributed by atoms with Gasteiger partial charge in [-0.3, -0.25) is 14.2 Å². The monoisotopic (exact) mass is 370 g/mol. The van der Waals surface area contributed by atoms with Gasteiger partial charge in [0.1, 0.15) is 10.2 Å². The van der Waals surface area contributed by atoms with Gasteiger partial charge in [-0.2, -0.15) is 5.26 Å². The molecule has 1 N–H and O–H groups in total. The maximum Gasteiger partial charge on any atom is 0.266 e. The Morgan fingerprint density at radius 2 is 2.12 bits per heavy atom. The highest BCUT2D eigenvalue weighted by molar-refractivity contribution is 8.03. The van der Waals surface area contributed by atoms with Crippen LogP contribution in [0, 0.1) is 17.6 Å². The fourth-order valence-electron chi connectivity index (χ4n) is 2.45. The third-order valence-electron chi connectivity index (χ3n) is 3.74. The van der Waals surface area contributed by atoms with E-state index in [0.29, 0.717) is 32.9 Å². The number of thioether (sulfide) groups is 1. The molecule has 0 fully saturated rings. The molecule has 6 nitrogen and oxygen atoms in total. The number of nitrogens with one attached hydrogen (secondary N) is 1. The Balaban J connectivity index is 1.92. The van der Waals surface area contributed by atoms with Crippen LogP contribution < -0.4 is 10.9 Å². The molecule has 0 saturated heterocycles. The van der Waals surface area contributed by atoms with E-state index >= 15 is 0 Å². The first kappa shape index (κ1) is 17.2. The molecule has 1 aromatic carbocycles. The number of thiophene rings is 1. The first-order chi connectivity index (χ1) is 12.0. The molecule has 0 atom stereocenters. The number of aromatic nitrogens is 2. The van der Waals surface area contributed by atoms with Gasteiger partial charge in [0.15, 0.2) is 0 Å². The van der Waals surface area contributed by atoms with Crippen LogP contribution in [-0.2, 0) is 6.54 Å². The minimum Gasteiger partial charge on any atom is -0.321 e. The van der Waals surface area contributed by atoms with Crippen molar-refractivity contribution in [2.45, 2.75) is 25.3 Å². The van der Waals surface area contributed by atoms with Crippen LogP contribution in [0.4, 0.5) is 5.69 Å². The van der Waals surface area contributed by atoms with Crippen molar-refractivity contribution < 1.29 is 4.79 Å². The third kappa shape index (κ3) is 3.29. The summed E-state index contributed by atoms with van der Waals surface area (Å²) < 4.78 is 1.52. The number of aryl methyl sites for hydroxylation is 2. The molecule has 0 spiro atoms. The molecule has 3 aromatic rings. The molecule has 8 heteroatoms. The number of hydrogen-bond acceptors (Lipinski definition) is 6. The van der Waals surface area contributed by atoms with Gasteiger partial charge in [0.2, 0.25) is 0 Å². The number of thiocyanates is 1. The van der Waals surface area contributed by atoms with E-state index in [1.165, 1.54) is 22.2 Å². The quantitative estimate of drug-likeness (QED) is 0.560. The number of carbonyl (C=O) groups is 1. The number of benzene rings is 1. The van der Waals surface area contributed by atoms with Crippen molar-refractivity contribution in [3.63, 3.8) is 0 Å². The van der Waals surface area contributed by atoms with E-state index in [9.17, 15) is 9.59 Å². The molecule has 1 amide bonds. The van der Waals surface area contributed by atoms with Gasteiger partial charge in [-0.15, -0.1) is 11.3 Å². The van der Waals surface area contributed by atoms with Gasteiger partial charge in [0, 0.05) is 17.1 Å². The summed E-state index contributed by atoms with van der Waals surface area (Å²) >= 11 is 2.27. The molecule has 2 aromatic heterocycles. The predicted octanol–water partition coefficient (Wildman–Crippen LogP) is 3.61. The van der Waals surface area contributed by atoms with Crippen molar-refractivity contribution in [1.82, 2.24) is 9.55 Å². The lowest BCUT2D eigenvalue weighted by molar-refractivity contribution is 0.103. The summed E-state index contributed by atoms with van der Waals surface area (Å²) in [4.78, 5) is 31.2. The summed E-state index contributed by atoms with van der Waals surface area (Å²) in [5.41, 5.74) is 1.15. The average Bonchev–Trinajstić information content (AvgIpc) is 2.95. The van der Waals surface area contributed by atoms with E-state index in [0.717, 1.165) is 16.7 Å². The molecule has 0 aliphatic carbocycles. The molecule has 0 radical (unpaired) electrons. The third-order valence-corrected chi connectivity index (χ3v) is 5.54. The smallest absolute Gasteiger partial charge is 0.266 e. The van der Waals surface area contributed by atoms with Gasteiger partial charge < -0.3 is 5.32 Å². The maximum atomic E-state index is 12.6. The fraction of sp³-hybridized carbons (Fsp3) is 0.176. The lowest BCUT2D eigenvalue weighted by atomic mass is 10.2. The number of fused-ring (bicyclic) bond motifs is 1. The molecule has 25 heavy (non-hydrogen) atoms. The lowest BCUT2D eigenvalue weighted by Crippen LogP contribution is -2.19. The van der Waals surface area contributed by atoms with Gasteiger partial charge in [-0.05, 0) is 55.4 Å². The van der Waals surface area contributed by atoms with Crippen LogP contribution in [0.15, 0.2) is 40.3 Å². The number of nitriles is 1. The zero-order chi connectivity index (χ0) is 18.0. The number of anilines is 1. The summed E-state index contributed by atoms with van der Waals surface area (Å²) in [6, 6.07) is 7.01. The molecule has 126 valence electrons. The van der Waals surface area contributed by atoms with Crippen LogP contribution in [-0.4, -0.2) is 15.5 Å². The van der Waals surface area contributed by atoms with Crippen molar-refractivity contribution in [2.24, 2.45) is 0 Å². The molecule has 0 bridgehead atoms. The molecule has 0 saturated carbocycles. The molecule has 0 aliphatic heterocycles. The number of amides is 1. The van der Waals surface area contributed by atoms with Gasteiger partial charge in [-0.1, -0.05) is 0 Å². The first-order valence-electron chi connectivity index (χ1n) is 7.51. The highest BCUT2D eigenvalue weighted by Crippen LogP contribution is 2.28. The van der Waals surface area contributed by atoms with Crippen LogP contribution in [0.2, 0.25) is 0 Å². The fourth-order valence-corrected chi connectivity index (χ4v) is 3.86. The molecule has 0 aliphatic rings. The van der Waals surface area contributed by atoms with Crippen molar-refractivity contribution in [3.05, 3.63) is 51.4 Å². The topological polar surface area (TPSA) is 87.8 Å². The summed E-state index contributed by atoms with van der Waals surface area (Å²) in [5.74, 6) is -0.274. The van der Waals surface area contributed by atoms with E-state index < -0.39 is 0 Å². The minimum absolute atomic E-state index is 0.127. The van der Waals surface area contributed by atoms with E-state index in [1.807, 2.05) is 12.3 Å². The molecule has 3 rings (SSSR count). The van der Waals surface area contributed by atoms with Gasteiger partial charge in [0.05, 0.1) is 16.6 Å². The Kier molecular flexibility index (Phi) is 4.88. The van der Waals surface area contributed by atoms with E-state index in [4.69, 9.17) is 5.26 Å². The van der Waals surface area contributed by atoms with Crippen molar-refractivity contribution in [1.29, 1.82) is 5.26 Å². The summed E-state index contributed by atoms with van der Waals surface area (Å²) in [6.07, 6.45) is 1.51. The molecular weight excluding hydrogens is 356 g/mol. The number of rotatable bonds is 4. The van der Waals surface area contributed by atoms with E-state index in [1.54, 1.807) is 31.2 Å². The Morgan fingerprint density at radius 3 is 2.76 bits per heavy atom. The van der Waals surface area contributed by atoms with E-state index in [2.05, 4.69) is 10.3 Å². The van der Waals surface area contributed by atoms with Crippen LogP contribution in [0.25, 0.3) is 10.2 Å². The second kappa shape index (κ2) is 7.09. The second-order valence-electron chi connectivity index (χ2n) is 5.24. The highest BCUT2D eigenvalue weighted by atomic mass is 32.2. The second-order valence-corrected chi connectivity index (χ2v) is 7.10. The van der Waals surface area contributed by atoms with Crippen LogP contribution in [0.3, 0.4) is 0 Å². The normalized spacial score (nSPS) is 10.6. The van der Waals surface area contributed by atoms with Crippen molar-refractivity contribution in [3.8, 4) is 5.40 Å². The van der Waals surface area contributed by atoms with Crippen LogP contribution in [0.1, 0.15) is 22.2 Å². The number of nitrogens with zero attached hydrogens (tertiary/aromatic N) is 3. The SMILES string of the molecule is CCn1cnc2sc(C(=O)Nc3ccc(SC#N)cc3)c(C)c2c1=O. The Labute approximate surface area is 152 Å². The summed E-state index contributed by atoms with van der Waals surface area (Å²) in [5, 5.41) is 14.0. The van der Waals surface area contributed by atoms with Crippen LogP contribution >= 0.6 is 23.1 Å². The maximum absolute atomic E-state index is 12.6. The molecule has 2 heterocycles. The average molecular weight is 370 g/mol. The summed E-state index contributed by atoms with van der Waals surface area (Å²) in [7, 11) is 0. The zero-order valence-electron chi connectivity index (χ0n) is 13.6. The Bertz CT molecular complexity index is 1050.